The number of nitrogens with zero attached hydrogens (tertiary/aromatic N) is 3. The Labute approximate surface area is 104 Å². The number of hydrogen-bond acceptors (Lipinski definition) is 4. The molecule has 0 atom stereocenters. The van der Waals surface area contributed by atoms with E-state index in [2.05, 4.69) is 10.2 Å². The first-order chi connectivity index (χ1) is 8.18. The van der Waals surface area contributed by atoms with Gasteiger partial charge in [0.25, 0.3) is 0 Å². The van der Waals surface area contributed by atoms with Crippen LogP contribution in [0.15, 0.2) is 35.5 Å². The zero-order chi connectivity index (χ0) is 12.3. The summed E-state index contributed by atoms with van der Waals surface area (Å²) in [6.45, 7) is 1.88. The molecule has 1 aromatic carbocycles. The molecule has 0 bridgehead atoms. The van der Waals surface area contributed by atoms with Crippen molar-refractivity contribution in [2.75, 3.05) is 5.75 Å². The average Bonchev–Trinajstić information content (AvgIpc) is 2.68. The molecule has 1 heterocycles. The van der Waals surface area contributed by atoms with Crippen LogP contribution in [-0.4, -0.2) is 26.3 Å². The Bertz CT molecular complexity index is 522. The summed E-state index contributed by atoms with van der Waals surface area (Å²) in [6.07, 6.45) is 0. The summed E-state index contributed by atoms with van der Waals surface area (Å²) in [5.74, 6) is 1.34. The highest BCUT2D eigenvalue weighted by molar-refractivity contribution is 7.99. The standard InChI is InChI=1S/C12H13N3OS/c1-9-13-14-12(15(9)2)17-8-11(16)10-6-4-3-5-7-10/h3-7H,8H2,1-2H3. The van der Waals surface area contributed by atoms with Gasteiger partial charge in [0.15, 0.2) is 10.9 Å². The Morgan fingerprint density at radius 3 is 2.59 bits per heavy atom. The van der Waals surface area contributed by atoms with Crippen LogP contribution in [0.25, 0.3) is 0 Å². The van der Waals surface area contributed by atoms with Gasteiger partial charge in [0.1, 0.15) is 5.82 Å². The molecular formula is C12H13N3OS. The third-order valence-corrected chi connectivity index (χ3v) is 3.50. The minimum absolute atomic E-state index is 0.108. The van der Waals surface area contributed by atoms with Crippen molar-refractivity contribution in [2.24, 2.45) is 7.05 Å². The van der Waals surface area contributed by atoms with Crippen molar-refractivity contribution in [2.45, 2.75) is 12.1 Å². The second-order valence-electron chi connectivity index (χ2n) is 3.67. The number of rotatable bonds is 4. The fourth-order valence-electron chi connectivity index (χ4n) is 1.35. The second kappa shape index (κ2) is 5.14. The minimum Gasteiger partial charge on any atom is -0.309 e. The van der Waals surface area contributed by atoms with Crippen LogP contribution in [0.4, 0.5) is 0 Å². The maximum Gasteiger partial charge on any atom is 0.191 e. The largest absolute Gasteiger partial charge is 0.309 e. The van der Waals surface area contributed by atoms with E-state index in [1.54, 1.807) is 0 Å². The Morgan fingerprint density at radius 1 is 1.29 bits per heavy atom. The number of carbonyl (C=O) groups is 1. The van der Waals surface area contributed by atoms with Gasteiger partial charge in [-0.1, -0.05) is 42.1 Å². The number of aryl methyl sites for hydroxylation is 1. The van der Waals surface area contributed by atoms with Gasteiger partial charge in [0.05, 0.1) is 5.75 Å². The average molecular weight is 247 g/mol. The van der Waals surface area contributed by atoms with Crippen LogP contribution in [0.5, 0.6) is 0 Å². The van der Waals surface area contributed by atoms with Crippen LogP contribution in [0.1, 0.15) is 16.2 Å². The molecule has 5 heteroatoms. The molecule has 0 radical (unpaired) electrons. The van der Waals surface area contributed by atoms with Crippen molar-refractivity contribution in [3.8, 4) is 0 Å². The fraction of sp³-hybridized carbons (Fsp3) is 0.250. The van der Waals surface area contributed by atoms with Gasteiger partial charge in [-0.2, -0.15) is 0 Å². The molecule has 0 aliphatic heterocycles. The van der Waals surface area contributed by atoms with Crippen molar-refractivity contribution >= 4 is 17.5 Å². The van der Waals surface area contributed by atoms with E-state index in [1.807, 2.05) is 48.9 Å². The summed E-state index contributed by atoms with van der Waals surface area (Å²) in [7, 11) is 1.89. The zero-order valence-electron chi connectivity index (χ0n) is 9.75. The van der Waals surface area contributed by atoms with Gasteiger partial charge in [0.2, 0.25) is 0 Å². The lowest BCUT2D eigenvalue weighted by atomic mass is 10.2. The molecule has 2 rings (SSSR count). The van der Waals surface area contributed by atoms with E-state index in [4.69, 9.17) is 0 Å². The van der Waals surface area contributed by atoms with E-state index >= 15 is 0 Å². The summed E-state index contributed by atoms with van der Waals surface area (Å²) >= 11 is 1.41. The molecule has 0 saturated carbocycles. The quantitative estimate of drug-likeness (QED) is 0.613. The molecule has 0 spiro atoms. The molecule has 0 N–H and O–H groups in total. The first-order valence-electron chi connectivity index (χ1n) is 5.25. The molecule has 0 saturated heterocycles. The Balaban J connectivity index is 2.00. The molecule has 0 unspecified atom stereocenters. The number of hydrogen-bond donors (Lipinski definition) is 0. The van der Waals surface area contributed by atoms with Crippen molar-refractivity contribution in [1.29, 1.82) is 0 Å². The molecular weight excluding hydrogens is 234 g/mol. The summed E-state index contributed by atoms with van der Waals surface area (Å²) in [6, 6.07) is 9.28. The summed E-state index contributed by atoms with van der Waals surface area (Å²) < 4.78 is 1.88. The van der Waals surface area contributed by atoms with Crippen molar-refractivity contribution < 1.29 is 4.79 Å². The third kappa shape index (κ3) is 2.74. The molecule has 2 aromatic rings. The highest BCUT2D eigenvalue weighted by Gasteiger charge is 2.10. The summed E-state index contributed by atoms with van der Waals surface area (Å²) in [5, 5.41) is 8.72. The summed E-state index contributed by atoms with van der Waals surface area (Å²) in [4.78, 5) is 11.9. The van der Waals surface area contributed by atoms with E-state index in [0.29, 0.717) is 5.75 Å². The number of Topliss-reactive ketones (excluding diaryl/α,β-unsaturated/α-hetero) is 1. The first-order valence-corrected chi connectivity index (χ1v) is 6.24. The SMILES string of the molecule is Cc1nnc(SCC(=O)c2ccccc2)n1C. The van der Waals surface area contributed by atoms with Gasteiger partial charge in [-0.3, -0.25) is 4.79 Å². The second-order valence-corrected chi connectivity index (χ2v) is 4.61. The molecule has 0 aliphatic carbocycles. The van der Waals surface area contributed by atoms with E-state index in [-0.39, 0.29) is 5.78 Å². The molecule has 88 valence electrons. The Kier molecular flexibility index (Phi) is 3.58. The van der Waals surface area contributed by atoms with Gasteiger partial charge in [-0.15, -0.1) is 10.2 Å². The number of ketones is 1. The van der Waals surface area contributed by atoms with Crippen molar-refractivity contribution in [3.63, 3.8) is 0 Å². The molecule has 17 heavy (non-hydrogen) atoms. The fourth-order valence-corrected chi connectivity index (χ4v) is 2.20. The lowest BCUT2D eigenvalue weighted by Gasteiger charge is -2.01. The van der Waals surface area contributed by atoms with E-state index in [9.17, 15) is 4.79 Å². The van der Waals surface area contributed by atoms with E-state index < -0.39 is 0 Å². The molecule has 1 aromatic heterocycles. The third-order valence-electron chi connectivity index (χ3n) is 2.48. The van der Waals surface area contributed by atoms with Gasteiger partial charge in [-0.05, 0) is 6.92 Å². The number of aromatic nitrogens is 3. The molecule has 0 amide bonds. The Hall–Kier alpha value is -1.62. The minimum atomic E-state index is 0.108. The van der Waals surface area contributed by atoms with E-state index in [1.165, 1.54) is 11.8 Å². The maximum atomic E-state index is 11.9. The van der Waals surface area contributed by atoms with E-state index in [0.717, 1.165) is 16.5 Å². The predicted octanol–water partition coefficient (Wildman–Crippen LogP) is 2.10. The molecule has 0 aliphatic rings. The van der Waals surface area contributed by atoms with Crippen LogP contribution in [0.2, 0.25) is 0 Å². The predicted molar refractivity (Wildman–Crippen MR) is 67.2 cm³/mol. The maximum absolute atomic E-state index is 11.9. The number of benzene rings is 1. The van der Waals surface area contributed by atoms with Gasteiger partial charge < -0.3 is 4.57 Å². The first kappa shape index (κ1) is 11.9. The number of carbonyl (C=O) groups excluding carboxylic acids is 1. The topological polar surface area (TPSA) is 47.8 Å². The van der Waals surface area contributed by atoms with Crippen molar-refractivity contribution in [1.82, 2.24) is 14.8 Å². The zero-order valence-corrected chi connectivity index (χ0v) is 10.6. The highest BCUT2D eigenvalue weighted by atomic mass is 32.2. The normalized spacial score (nSPS) is 10.5. The van der Waals surface area contributed by atoms with Crippen LogP contribution in [-0.2, 0) is 7.05 Å². The smallest absolute Gasteiger partial charge is 0.191 e. The van der Waals surface area contributed by atoms with Crippen LogP contribution < -0.4 is 0 Å². The van der Waals surface area contributed by atoms with Gasteiger partial charge in [0, 0.05) is 12.6 Å². The van der Waals surface area contributed by atoms with Crippen LogP contribution in [0.3, 0.4) is 0 Å². The van der Waals surface area contributed by atoms with Crippen LogP contribution in [0, 0.1) is 6.92 Å². The molecule has 0 fully saturated rings. The van der Waals surface area contributed by atoms with Crippen molar-refractivity contribution in [3.05, 3.63) is 41.7 Å². The van der Waals surface area contributed by atoms with Gasteiger partial charge in [-0.25, -0.2) is 0 Å². The number of thioether (sulfide) groups is 1. The van der Waals surface area contributed by atoms with Crippen LogP contribution >= 0.6 is 11.8 Å². The lowest BCUT2D eigenvalue weighted by molar-refractivity contribution is 0.102. The van der Waals surface area contributed by atoms with Gasteiger partial charge >= 0.3 is 0 Å². The lowest BCUT2D eigenvalue weighted by Crippen LogP contribution is -2.03. The highest BCUT2D eigenvalue weighted by Crippen LogP contribution is 2.16. The Morgan fingerprint density at radius 2 is 2.00 bits per heavy atom. The summed E-state index contributed by atoms with van der Waals surface area (Å²) in [5.41, 5.74) is 0.735. The molecule has 4 nitrogen and oxygen atoms in total. The monoisotopic (exact) mass is 247 g/mol.